The number of primary amides is 1. The van der Waals surface area contributed by atoms with Gasteiger partial charge in [0, 0.05) is 25.3 Å². The van der Waals surface area contributed by atoms with Gasteiger partial charge in [-0.15, -0.1) is 0 Å². The molecule has 0 saturated carbocycles. The average molecular weight is 234 g/mol. The summed E-state index contributed by atoms with van der Waals surface area (Å²) in [5, 5.41) is 0. The molecule has 1 unspecified atom stereocenters. The summed E-state index contributed by atoms with van der Waals surface area (Å²) in [5.41, 5.74) is 11.4. The van der Waals surface area contributed by atoms with E-state index in [1.165, 1.54) is 12.6 Å². The maximum Gasteiger partial charge on any atom is 0.250 e. The van der Waals surface area contributed by atoms with Gasteiger partial charge in [-0.05, 0) is 31.4 Å². The highest BCUT2D eigenvalue weighted by molar-refractivity contribution is 5.92. The molecule has 5 nitrogen and oxygen atoms in total. The zero-order valence-electron chi connectivity index (χ0n) is 9.80. The number of hydrogen-bond donors (Lipinski definition) is 2. The number of nitrogens with two attached hydrogens (primary N) is 2. The number of anilines is 1. The number of hydrogen-bond acceptors (Lipinski definition) is 4. The first-order valence-corrected chi connectivity index (χ1v) is 5.95. The van der Waals surface area contributed by atoms with E-state index < -0.39 is 5.91 Å². The van der Waals surface area contributed by atoms with Crippen molar-refractivity contribution >= 4 is 11.7 Å². The van der Waals surface area contributed by atoms with Crippen LogP contribution in [-0.2, 0) is 0 Å². The first kappa shape index (κ1) is 11.9. The van der Waals surface area contributed by atoms with Gasteiger partial charge in [0.25, 0.3) is 0 Å². The fourth-order valence-corrected chi connectivity index (χ4v) is 2.25. The minimum Gasteiger partial charge on any atom is -0.366 e. The van der Waals surface area contributed by atoms with E-state index in [0.29, 0.717) is 18.2 Å². The molecule has 0 radical (unpaired) electrons. The standard InChI is InChI=1S/C12H18N4O/c13-7-10-3-1-2-6-16(10)11-5-4-9(8-15-11)12(14)17/h4-5,8,10H,1-3,6-7,13H2,(H2,14,17). The van der Waals surface area contributed by atoms with Crippen molar-refractivity contribution < 1.29 is 4.79 Å². The van der Waals surface area contributed by atoms with Crippen molar-refractivity contribution in [3.63, 3.8) is 0 Å². The Morgan fingerprint density at radius 3 is 2.88 bits per heavy atom. The minimum absolute atomic E-state index is 0.357. The normalized spacial score (nSPS) is 20.3. The van der Waals surface area contributed by atoms with E-state index in [9.17, 15) is 4.79 Å². The van der Waals surface area contributed by atoms with Crippen molar-refractivity contribution in [1.29, 1.82) is 0 Å². The molecule has 1 fully saturated rings. The number of carbonyl (C=O) groups excluding carboxylic acids is 1. The number of piperidine rings is 1. The Balaban J connectivity index is 2.17. The highest BCUT2D eigenvalue weighted by Crippen LogP contribution is 2.22. The van der Waals surface area contributed by atoms with Gasteiger partial charge in [0.1, 0.15) is 5.82 Å². The van der Waals surface area contributed by atoms with Crippen molar-refractivity contribution in [3.8, 4) is 0 Å². The third-order valence-electron chi connectivity index (χ3n) is 3.23. The van der Waals surface area contributed by atoms with Crippen molar-refractivity contribution in [2.75, 3.05) is 18.0 Å². The Hall–Kier alpha value is -1.62. The molecule has 2 rings (SSSR count). The van der Waals surface area contributed by atoms with Crippen LogP contribution in [0.5, 0.6) is 0 Å². The fraction of sp³-hybridized carbons (Fsp3) is 0.500. The molecule has 1 saturated heterocycles. The molecule has 4 N–H and O–H groups in total. The van der Waals surface area contributed by atoms with Gasteiger partial charge < -0.3 is 16.4 Å². The molecule has 1 aromatic rings. The minimum atomic E-state index is -0.446. The first-order chi connectivity index (χ1) is 8.22. The van der Waals surface area contributed by atoms with E-state index >= 15 is 0 Å². The van der Waals surface area contributed by atoms with Gasteiger partial charge >= 0.3 is 0 Å². The second-order valence-electron chi connectivity index (χ2n) is 4.35. The van der Waals surface area contributed by atoms with Gasteiger partial charge in [0.05, 0.1) is 5.56 Å². The fourth-order valence-electron chi connectivity index (χ4n) is 2.25. The predicted octanol–water partition coefficient (Wildman–Crippen LogP) is 0.498. The Morgan fingerprint density at radius 2 is 2.29 bits per heavy atom. The molecule has 1 atom stereocenters. The second-order valence-corrected chi connectivity index (χ2v) is 4.35. The maximum atomic E-state index is 11.0. The van der Waals surface area contributed by atoms with Crippen LogP contribution >= 0.6 is 0 Å². The van der Waals surface area contributed by atoms with E-state index in [2.05, 4.69) is 9.88 Å². The van der Waals surface area contributed by atoms with Gasteiger partial charge in [-0.2, -0.15) is 0 Å². The molecule has 0 aliphatic carbocycles. The van der Waals surface area contributed by atoms with Gasteiger partial charge in [-0.3, -0.25) is 4.79 Å². The average Bonchev–Trinajstić information content (AvgIpc) is 2.39. The smallest absolute Gasteiger partial charge is 0.250 e. The molecule has 0 aromatic carbocycles. The number of carbonyl (C=O) groups is 1. The SMILES string of the molecule is NCC1CCCCN1c1ccc(C(N)=O)cn1. The van der Waals surface area contributed by atoms with Gasteiger partial charge in [0.15, 0.2) is 0 Å². The zero-order valence-corrected chi connectivity index (χ0v) is 9.80. The quantitative estimate of drug-likeness (QED) is 0.797. The third-order valence-corrected chi connectivity index (χ3v) is 3.23. The van der Waals surface area contributed by atoms with Gasteiger partial charge in [-0.25, -0.2) is 4.98 Å². The maximum absolute atomic E-state index is 11.0. The van der Waals surface area contributed by atoms with Crippen molar-refractivity contribution in [1.82, 2.24) is 4.98 Å². The molecular weight excluding hydrogens is 216 g/mol. The molecule has 1 aromatic heterocycles. The summed E-state index contributed by atoms with van der Waals surface area (Å²) in [5.74, 6) is 0.434. The van der Waals surface area contributed by atoms with Crippen LogP contribution in [0.25, 0.3) is 0 Å². The summed E-state index contributed by atoms with van der Waals surface area (Å²) < 4.78 is 0. The molecule has 92 valence electrons. The van der Waals surface area contributed by atoms with Crippen molar-refractivity contribution in [2.24, 2.45) is 11.5 Å². The summed E-state index contributed by atoms with van der Waals surface area (Å²) >= 11 is 0. The van der Waals surface area contributed by atoms with Crippen LogP contribution in [-0.4, -0.2) is 30.0 Å². The van der Waals surface area contributed by atoms with Crippen LogP contribution in [0.2, 0.25) is 0 Å². The van der Waals surface area contributed by atoms with Gasteiger partial charge in [-0.1, -0.05) is 0 Å². The van der Waals surface area contributed by atoms with Crippen LogP contribution in [0.1, 0.15) is 29.6 Å². The molecule has 5 heteroatoms. The predicted molar refractivity (Wildman–Crippen MR) is 66.8 cm³/mol. The van der Waals surface area contributed by atoms with Crippen LogP contribution < -0.4 is 16.4 Å². The number of rotatable bonds is 3. The lowest BCUT2D eigenvalue weighted by atomic mass is 10.0. The van der Waals surface area contributed by atoms with Crippen LogP contribution in [0.3, 0.4) is 0 Å². The summed E-state index contributed by atoms with van der Waals surface area (Å²) in [6.45, 7) is 1.62. The molecular formula is C12H18N4O. The number of nitrogens with zero attached hydrogens (tertiary/aromatic N) is 2. The van der Waals surface area contributed by atoms with Gasteiger partial charge in [0.2, 0.25) is 5.91 Å². The molecule has 1 amide bonds. The Bertz CT molecular complexity index is 390. The summed E-state index contributed by atoms with van der Waals surface area (Å²) in [6.07, 6.45) is 5.02. The highest BCUT2D eigenvalue weighted by atomic mass is 16.1. The van der Waals surface area contributed by atoms with E-state index in [0.717, 1.165) is 25.2 Å². The number of amides is 1. The van der Waals surface area contributed by atoms with Crippen molar-refractivity contribution in [3.05, 3.63) is 23.9 Å². The zero-order chi connectivity index (χ0) is 12.3. The lowest BCUT2D eigenvalue weighted by molar-refractivity contribution is 0.1000. The molecule has 17 heavy (non-hydrogen) atoms. The Labute approximate surface area is 101 Å². The topological polar surface area (TPSA) is 85.2 Å². The summed E-state index contributed by atoms with van der Waals surface area (Å²) in [7, 11) is 0. The van der Waals surface area contributed by atoms with E-state index in [-0.39, 0.29) is 0 Å². The molecule has 0 bridgehead atoms. The van der Waals surface area contributed by atoms with E-state index in [1.54, 1.807) is 6.07 Å². The second kappa shape index (κ2) is 5.14. The molecule has 1 aliphatic rings. The largest absolute Gasteiger partial charge is 0.366 e. The van der Waals surface area contributed by atoms with Crippen LogP contribution in [0.15, 0.2) is 18.3 Å². The summed E-state index contributed by atoms with van der Waals surface area (Å²) in [4.78, 5) is 17.5. The van der Waals surface area contributed by atoms with E-state index in [4.69, 9.17) is 11.5 Å². The lowest BCUT2D eigenvalue weighted by Gasteiger charge is -2.36. The first-order valence-electron chi connectivity index (χ1n) is 5.95. The summed E-state index contributed by atoms with van der Waals surface area (Å²) in [6, 6.07) is 3.91. The van der Waals surface area contributed by atoms with Crippen LogP contribution in [0.4, 0.5) is 5.82 Å². The molecule has 2 heterocycles. The number of pyridine rings is 1. The van der Waals surface area contributed by atoms with Crippen LogP contribution in [0, 0.1) is 0 Å². The van der Waals surface area contributed by atoms with Crippen molar-refractivity contribution in [2.45, 2.75) is 25.3 Å². The third kappa shape index (κ3) is 2.55. The lowest BCUT2D eigenvalue weighted by Crippen LogP contribution is -2.44. The molecule has 1 aliphatic heterocycles. The monoisotopic (exact) mass is 234 g/mol. The highest BCUT2D eigenvalue weighted by Gasteiger charge is 2.22. The molecule has 0 spiro atoms. The Kier molecular flexibility index (Phi) is 3.58. The number of aromatic nitrogens is 1. The Morgan fingerprint density at radius 1 is 1.47 bits per heavy atom. The van der Waals surface area contributed by atoms with E-state index in [1.807, 2.05) is 6.07 Å².